The van der Waals surface area contributed by atoms with Gasteiger partial charge in [-0.1, -0.05) is 42.5 Å². The fraction of sp³-hybridized carbons (Fsp3) is 0. The molecule has 3 aromatic carbocycles. The van der Waals surface area contributed by atoms with Gasteiger partial charge in [0.2, 0.25) is 0 Å². The summed E-state index contributed by atoms with van der Waals surface area (Å²) in [6.45, 7) is 0. The van der Waals surface area contributed by atoms with E-state index in [9.17, 15) is 0 Å². The molecule has 0 fully saturated rings. The van der Waals surface area contributed by atoms with Gasteiger partial charge in [-0.2, -0.15) is 0 Å². The van der Waals surface area contributed by atoms with E-state index in [2.05, 4.69) is 94.9 Å². The Morgan fingerprint density at radius 2 is 1.50 bits per heavy atom. The number of fused-ring (bicyclic) bond motifs is 5. The van der Waals surface area contributed by atoms with Crippen molar-refractivity contribution in [3.05, 3.63) is 102 Å². The smallest absolute Gasteiger partial charge is 0.161 e. The molecule has 0 unspecified atom stereocenters. The molecule has 0 aliphatic rings. The van der Waals surface area contributed by atoms with E-state index in [4.69, 9.17) is 4.42 Å². The van der Waals surface area contributed by atoms with Gasteiger partial charge in [0.25, 0.3) is 0 Å². The molecule has 0 amide bonds. The highest BCUT2D eigenvalue weighted by molar-refractivity contribution is 7.23. The third-order valence-electron chi connectivity index (χ3n) is 5.95. The van der Waals surface area contributed by atoms with E-state index in [0.29, 0.717) is 0 Å². The lowest BCUT2D eigenvalue weighted by Crippen LogP contribution is -1.93. The zero-order chi connectivity index (χ0) is 21.1. The summed E-state index contributed by atoms with van der Waals surface area (Å²) in [6.07, 6.45) is 0. The summed E-state index contributed by atoms with van der Waals surface area (Å²) in [7, 11) is 0. The fourth-order valence-electron chi connectivity index (χ4n) is 4.51. The van der Waals surface area contributed by atoms with Crippen molar-refractivity contribution >= 4 is 55.6 Å². The molecule has 0 radical (unpaired) electrons. The maximum Gasteiger partial charge on any atom is 0.161 e. The van der Waals surface area contributed by atoms with E-state index < -0.39 is 0 Å². The minimum Gasteiger partial charge on any atom is -0.454 e. The van der Waals surface area contributed by atoms with Crippen molar-refractivity contribution in [2.75, 3.05) is 0 Å². The molecule has 4 heteroatoms. The van der Waals surface area contributed by atoms with Crippen LogP contribution in [-0.4, -0.2) is 4.57 Å². The molecule has 0 aliphatic carbocycles. The van der Waals surface area contributed by atoms with Gasteiger partial charge in [0.15, 0.2) is 5.58 Å². The molecule has 32 heavy (non-hydrogen) atoms. The summed E-state index contributed by atoms with van der Waals surface area (Å²) in [5.41, 5.74) is 6.53. The van der Waals surface area contributed by atoms with Crippen LogP contribution in [0.1, 0.15) is 0 Å². The molecule has 0 saturated heterocycles. The zero-order valence-electron chi connectivity index (χ0n) is 17.0. The van der Waals surface area contributed by atoms with Crippen molar-refractivity contribution in [2.45, 2.75) is 0 Å². The van der Waals surface area contributed by atoms with Gasteiger partial charge in [0, 0.05) is 31.1 Å². The number of nitrogens with zero attached hydrogens (tertiary/aromatic N) is 1. The largest absolute Gasteiger partial charge is 0.454 e. The summed E-state index contributed by atoms with van der Waals surface area (Å²) in [4.78, 5) is 3.91. The molecule has 4 heterocycles. The molecule has 2 nitrogen and oxygen atoms in total. The van der Waals surface area contributed by atoms with E-state index in [-0.39, 0.29) is 0 Å². The van der Waals surface area contributed by atoms with Crippen LogP contribution in [0.15, 0.2) is 107 Å². The zero-order valence-corrected chi connectivity index (χ0v) is 18.6. The Morgan fingerprint density at radius 1 is 0.656 bits per heavy atom. The predicted molar refractivity (Wildman–Crippen MR) is 137 cm³/mol. The summed E-state index contributed by atoms with van der Waals surface area (Å²) >= 11 is 3.63. The van der Waals surface area contributed by atoms with Crippen LogP contribution in [0, 0.1) is 0 Å². The van der Waals surface area contributed by atoms with Gasteiger partial charge in [-0.15, -0.1) is 22.7 Å². The lowest BCUT2D eigenvalue weighted by Gasteiger charge is -2.08. The average Bonchev–Trinajstić information content (AvgIpc) is 3.62. The van der Waals surface area contributed by atoms with Gasteiger partial charge in [0.1, 0.15) is 11.1 Å². The van der Waals surface area contributed by atoms with Crippen LogP contribution in [-0.2, 0) is 0 Å². The topological polar surface area (TPSA) is 18.1 Å². The van der Waals surface area contributed by atoms with Crippen LogP contribution in [0.25, 0.3) is 58.9 Å². The first kappa shape index (κ1) is 18.0. The van der Waals surface area contributed by atoms with E-state index >= 15 is 0 Å². The number of para-hydroxylation sites is 2. The van der Waals surface area contributed by atoms with Crippen molar-refractivity contribution in [3.63, 3.8) is 0 Å². The summed E-state index contributed by atoms with van der Waals surface area (Å²) < 4.78 is 8.69. The van der Waals surface area contributed by atoms with Crippen LogP contribution < -0.4 is 0 Å². The first-order valence-electron chi connectivity index (χ1n) is 10.5. The highest BCUT2D eigenvalue weighted by Crippen LogP contribution is 2.42. The fourth-order valence-corrected chi connectivity index (χ4v) is 6.35. The Bertz CT molecular complexity index is 1720. The molecule has 0 N–H and O–H groups in total. The van der Waals surface area contributed by atoms with E-state index in [1.165, 1.54) is 25.7 Å². The highest BCUT2D eigenvalue weighted by Gasteiger charge is 2.20. The second-order valence-corrected chi connectivity index (χ2v) is 9.85. The second kappa shape index (κ2) is 6.95. The molecule has 0 saturated carbocycles. The van der Waals surface area contributed by atoms with Gasteiger partial charge >= 0.3 is 0 Å². The lowest BCUT2D eigenvalue weighted by atomic mass is 10.1. The second-order valence-electron chi connectivity index (χ2n) is 7.82. The van der Waals surface area contributed by atoms with Crippen molar-refractivity contribution < 1.29 is 4.42 Å². The van der Waals surface area contributed by atoms with E-state index in [1.54, 1.807) is 11.3 Å². The summed E-state index contributed by atoms with van der Waals surface area (Å²) in [6, 6.07) is 34.3. The molecule has 0 atom stereocenters. The predicted octanol–water partition coefficient (Wildman–Crippen LogP) is 8.99. The van der Waals surface area contributed by atoms with Gasteiger partial charge < -0.3 is 8.98 Å². The minimum atomic E-state index is 0.923. The molecular formula is C28H17NOS2. The standard InChI is InChI=1S/C28H17NOS2/c1-2-7-19(8-3-1)29-22-17-18(24-14-15-26(32-24)25-11-6-16-31-25)12-13-20(22)28-27(29)21-9-4-5-10-23(21)30-28/h1-17H. The van der Waals surface area contributed by atoms with Gasteiger partial charge in [-0.25, -0.2) is 0 Å². The molecule has 0 bridgehead atoms. The van der Waals surface area contributed by atoms with E-state index in [0.717, 1.165) is 33.1 Å². The van der Waals surface area contributed by atoms with Crippen LogP contribution in [0.2, 0.25) is 0 Å². The van der Waals surface area contributed by atoms with Crippen molar-refractivity contribution in [3.8, 4) is 25.9 Å². The maximum atomic E-state index is 6.35. The van der Waals surface area contributed by atoms with Crippen LogP contribution in [0.5, 0.6) is 0 Å². The molecule has 0 spiro atoms. The molecule has 152 valence electrons. The molecule has 0 aliphatic heterocycles. The normalized spacial score (nSPS) is 11.8. The number of thiophene rings is 2. The Balaban J connectivity index is 1.51. The minimum absolute atomic E-state index is 0.923. The maximum absolute atomic E-state index is 6.35. The van der Waals surface area contributed by atoms with Gasteiger partial charge in [0.05, 0.1) is 5.52 Å². The lowest BCUT2D eigenvalue weighted by molar-refractivity contribution is 0.673. The third-order valence-corrected chi connectivity index (χ3v) is 8.15. The first-order chi connectivity index (χ1) is 15.9. The van der Waals surface area contributed by atoms with Gasteiger partial charge in [-0.05, 0) is 65.5 Å². The van der Waals surface area contributed by atoms with Crippen LogP contribution >= 0.6 is 22.7 Å². The molecular weight excluding hydrogens is 430 g/mol. The van der Waals surface area contributed by atoms with Crippen molar-refractivity contribution in [2.24, 2.45) is 0 Å². The highest BCUT2D eigenvalue weighted by atomic mass is 32.1. The SMILES string of the molecule is c1ccc(-n2c3cc(-c4ccc(-c5cccs5)s4)ccc3c3oc4ccccc4c32)cc1. The van der Waals surface area contributed by atoms with Crippen LogP contribution in [0.3, 0.4) is 0 Å². The van der Waals surface area contributed by atoms with E-state index in [1.807, 2.05) is 23.5 Å². The van der Waals surface area contributed by atoms with Crippen molar-refractivity contribution in [1.29, 1.82) is 0 Å². The summed E-state index contributed by atoms with van der Waals surface area (Å²) in [5, 5.41) is 4.41. The number of aromatic nitrogens is 1. The summed E-state index contributed by atoms with van der Waals surface area (Å²) in [5.74, 6) is 0. The number of rotatable bonds is 3. The number of hydrogen-bond donors (Lipinski definition) is 0. The number of furan rings is 1. The number of benzene rings is 3. The third kappa shape index (κ3) is 2.63. The quantitative estimate of drug-likeness (QED) is 0.264. The average molecular weight is 448 g/mol. The Labute approximate surface area is 192 Å². The Hall–Kier alpha value is -3.60. The Kier molecular flexibility index (Phi) is 3.92. The molecule has 7 aromatic rings. The molecule has 4 aromatic heterocycles. The Morgan fingerprint density at radius 3 is 2.38 bits per heavy atom. The molecule has 7 rings (SSSR count). The monoisotopic (exact) mass is 447 g/mol. The first-order valence-corrected chi connectivity index (χ1v) is 12.2. The number of hydrogen-bond acceptors (Lipinski definition) is 3. The van der Waals surface area contributed by atoms with Gasteiger partial charge in [-0.3, -0.25) is 0 Å². The van der Waals surface area contributed by atoms with Crippen LogP contribution in [0.4, 0.5) is 0 Å². The van der Waals surface area contributed by atoms with Crippen molar-refractivity contribution in [1.82, 2.24) is 4.57 Å².